The van der Waals surface area contributed by atoms with E-state index in [1.165, 1.54) is 18.4 Å². The fraction of sp³-hybridized carbons (Fsp3) is 0.0625. The Morgan fingerprint density at radius 3 is 2.72 bits per heavy atom. The number of nitrogens with zero attached hydrogens (tertiary/aromatic N) is 2. The van der Waals surface area contributed by atoms with Crippen LogP contribution in [0.4, 0.5) is 4.39 Å². The summed E-state index contributed by atoms with van der Waals surface area (Å²) in [5.41, 5.74) is 0.779. The molecule has 0 unspecified atom stereocenters. The van der Waals surface area contributed by atoms with Crippen molar-refractivity contribution >= 4 is 55.9 Å². The molecule has 0 spiro atoms. The van der Waals surface area contributed by atoms with Gasteiger partial charge in [-0.2, -0.15) is 0 Å². The average molecular weight is 443 g/mol. The van der Waals surface area contributed by atoms with Gasteiger partial charge in [0.2, 0.25) is 5.01 Å². The predicted octanol–water partition coefficient (Wildman–Crippen LogP) is 4.70. The summed E-state index contributed by atoms with van der Waals surface area (Å²) in [6.45, 7) is 0.262. The minimum Gasteiger partial charge on any atom is -0.464 e. The lowest BCUT2D eigenvalue weighted by molar-refractivity contribution is 0.0950. The van der Waals surface area contributed by atoms with Gasteiger partial charge in [-0.3, -0.25) is 4.79 Å². The number of hydrogen-bond acceptors (Lipinski definition) is 5. The van der Waals surface area contributed by atoms with Gasteiger partial charge in [0, 0.05) is 12.6 Å². The summed E-state index contributed by atoms with van der Waals surface area (Å²) < 4.78 is 18.9. The highest BCUT2D eigenvalue weighted by molar-refractivity contribution is 9.10. The van der Waals surface area contributed by atoms with Crippen molar-refractivity contribution in [3.63, 3.8) is 0 Å². The van der Waals surface area contributed by atoms with Gasteiger partial charge in [0.1, 0.15) is 17.8 Å². The number of aromatic nitrogens is 2. The third-order valence-electron chi connectivity index (χ3n) is 3.05. The normalized spacial score (nSPS) is 11.6. The Kier molecular flexibility index (Phi) is 5.62. The van der Waals surface area contributed by atoms with Crippen LogP contribution in [0, 0.1) is 5.82 Å². The minimum absolute atomic E-state index is 0.185. The highest BCUT2D eigenvalue weighted by atomic mass is 79.9. The lowest BCUT2D eigenvalue weighted by Crippen LogP contribution is -2.22. The number of furan rings is 1. The molecule has 0 aliphatic carbocycles. The highest BCUT2D eigenvalue weighted by Gasteiger charge is 2.14. The topological polar surface area (TPSA) is 68.0 Å². The predicted molar refractivity (Wildman–Crippen MR) is 97.6 cm³/mol. The van der Waals surface area contributed by atoms with Crippen LogP contribution >= 0.6 is 38.9 Å². The maximum absolute atomic E-state index is 12.9. The van der Waals surface area contributed by atoms with Crippen molar-refractivity contribution in [2.24, 2.45) is 0 Å². The van der Waals surface area contributed by atoms with Crippen molar-refractivity contribution in [3.8, 4) is 0 Å². The number of rotatable bonds is 5. The third kappa shape index (κ3) is 4.75. The number of carbonyl (C=O) groups excluding carboxylic acids is 1. The Labute approximate surface area is 159 Å². The summed E-state index contributed by atoms with van der Waals surface area (Å²) in [5.74, 6) is -0.151. The van der Waals surface area contributed by atoms with Crippen LogP contribution in [0.3, 0.4) is 0 Å². The molecule has 1 aromatic carbocycles. The zero-order valence-electron chi connectivity index (χ0n) is 12.5. The minimum atomic E-state index is -0.377. The van der Waals surface area contributed by atoms with Gasteiger partial charge in [-0.05, 0) is 39.7 Å². The first kappa shape index (κ1) is 17.8. The van der Waals surface area contributed by atoms with Crippen LogP contribution in [-0.4, -0.2) is 16.1 Å². The third-order valence-corrected chi connectivity index (χ3v) is 4.82. The van der Waals surface area contributed by atoms with E-state index in [4.69, 9.17) is 16.0 Å². The SMILES string of the molecule is O=C(NCc1ccc(F)cc1)c1nnc(/C(Cl)=C\c2cc(Br)co2)s1. The van der Waals surface area contributed by atoms with Crippen LogP contribution in [0.1, 0.15) is 26.1 Å². The van der Waals surface area contributed by atoms with E-state index in [1.54, 1.807) is 24.3 Å². The Bertz CT molecular complexity index is 924. The lowest BCUT2D eigenvalue weighted by Gasteiger charge is -2.02. The van der Waals surface area contributed by atoms with Crippen molar-refractivity contribution in [2.45, 2.75) is 6.54 Å². The van der Waals surface area contributed by atoms with E-state index < -0.39 is 0 Å². The van der Waals surface area contributed by atoms with E-state index in [2.05, 4.69) is 31.4 Å². The average Bonchev–Trinajstić information content (AvgIpc) is 3.23. The van der Waals surface area contributed by atoms with Gasteiger partial charge in [-0.25, -0.2) is 4.39 Å². The van der Waals surface area contributed by atoms with Crippen LogP contribution in [-0.2, 0) is 6.54 Å². The molecule has 0 atom stereocenters. The van der Waals surface area contributed by atoms with Crippen molar-refractivity contribution in [1.82, 2.24) is 15.5 Å². The molecule has 0 bridgehead atoms. The van der Waals surface area contributed by atoms with E-state index in [9.17, 15) is 9.18 Å². The van der Waals surface area contributed by atoms with Crippen molar-refractivity contribution in [1.29, 1.82) is 0 Å². The van der Waals surface area contributed by atoms with E-state index in [0.29, 0.717) is 15.8 Å². The van der Waals surface area contributed by atoms with Gasteiger partial charge in [-0.15, -0.1) is 10.2 Å². The fourth-order valence-electron chi connectivity index (χ4n) is 1.86. The zero-order valence-corrected chi connectivity index (χ0v) is 15.7. The second-order valence-electron chi connectivity index (χ2n) is 4.88. The summed E-state index contributed by atoms with van der Waals surface area (Å²) >= 11 is 10.5. The van der Waals surface area contributed by atoms with E-state index in [0.717, 1.165) is 21.4 Å². The maximum Gasteiger partial charge on any atom is 0.282 e. The van der Waals surface area contributed by atoms with Crippen LogP contribution in [0.5, 0.6) is 0 Å². The number of benzene rings is 1. The van der Waals surface area contributed by atoms with E-state index in [-0.39, 0.29) is 23.3 Å². The fourth-order valence-corrected chi connectivity index (χ4v) is 3.11. The van der Waals surface area contributed by atoms with Gasteiger partial charge in [0.25, 0.3) is 5.91 Å². The molecule has 25 heavy (non-hydrogen) atoms. The van der Waals surface area contributed by atoms with E-state index in [1.807, 2.05) is 0 Å². The molecular weight excluding hydrogens is 433 g/mol. The van der Waals surface area contributed by atoms with Crippen molar-refractivity contribution in [2.75, 3.05) is 0 Å². The molecule has 0 aliphatic heterocycles. The highest BCUT2D eigenvalue weighted by Crippen LogP contribution is 2.26. The molecule has 0 fully saturated rings. The van der Waals surface area contributed by atoms with Gasteiger partial charge >= 0.3 is 0 Å². The standard InChI is InChI=1S/C16H10BrClFN3O2S/c17-10-5-12(24-8-10)6-13(18)15-21-22-16(25-15)14(23)20-7-9-1-3-11(19)4-2-9/h1-6,8H,7H2,(H,20,23)/b13-6+. The number of carbonyl (C=O) groups is 1. The first-order chi connectivity index (χ1) is 12.0. The molecule has 0 aliphatic rings. The number of hydrogen-bond donors (Lipinski definition) is 1. The largest absolute Gasteiger partial charge is 0.464 e. The second-order valence-corrected chi connectivity index (χ2v) is 7.18. The molecular formula is C16H10BrClFN3O2S. The molecule has 1 amide bonds. The Morgan fingerprint density at radius 2 is 2.04 bits per heavy atom. The van der Waals surface area contributed by atoms with E-state index >= 15 is 0 Å². The molecule has 0 radical (unpaired) electrons. The van der Waals surface area contributed by atoms with Gasteiger partial charge < -0.3 is 9.73 Å². The van der Waals surface area contributed by atoms with Crippen LogP contribution in [0.15, 0.2) is 45.5 Å². The smallest absolute Gasteiger partial charge is 0.282 e. The lowest BCUT2D eigenvalue weighted by atomic mass is 10.2. The van der Waals surface area contributed by atoms with Gasteiger partial charge in [-0.1, -0.05) is 35.1 Å². The molecule has 3 rings (SSSR count). The van der Waals surface area contributed by atoms with Crippen molar-refractivity contribution < 1.29 is 13.6 Å². The molecule has 9 heteroatoms. The summed E-state index contributed by atoms with van der Waals surface area (Å²) in [5, 5.41) is 11.4. The second kappa shape index (κ2) is 7.90. The first-order valence-corrected chi connectivity index (χ1v) is 8.98. The van der Waals surface area contributed by atoms with Crippen LogP contribution < -0.4 is 5.32 Å². The van der Waals surface area contributed by atoms with Gasteiger partial charge in [0.15, 0.2) is 5.01 Å². The maximum atomic E-state index is 12.9. The molecule has 3 aromatic rings. The first-order valence-electron chi connectivity index (χ1n) is 6.99. The molecule has 128 valence electrons. The molecule has 1 N–H and O–H groups in total. The molecule has 5 nitrogen and oxygen atoms in total. The zero-order chi connectivity index (χ0) is 17.8. The van der Waals surface area contributed by atoms with Crippen LogP contribution in [0.25, 0.3) is 11.1 Å². The number of amides is 1. The quantitative estimate of drug-likeness (QED) is 0.622. The number of halogens is 3. The van der Waals surface area contributed by atoms with Gasteiger partial charge in [0.05, 0.1) is 9.51 Å². The Balaban J connectivity index is 1.64. The summed E-state index contributed by atoms with van der Waals surface area (Å²) in [4.78, 5) is 12.1. The van der Waals surface area contributed by atoms with Crippen LogP contribution in [0.2, 0.25) is 0 Å². The molecule has 2 heterocycles. The molecule has 0 saturated heterocycles. The Morgan fingerprint density at radius 1 is 1.32 bits per heavy atom. The van der Waals surface area contributed by atoms with Crippen molar-refractivity contribution in [3.05, 3.63) is 68.2 Å². The molecule has 2 aromatic heterocycles. The summed E-state index contributed by atoms with van der Waals surface area (Å²) in [6, 6.07) is 7.62. The molecule has 0 saturated carbocycles. The number of nitrogens with one attached hydrogen (secondary N) is 1. The summed E-state index contributed by atoms with van der Waals surface area (Å²) in [7, 11) is 0. The monoisotopic (exact) mass is 441 g/mol. The summed E-state index contributed by atoms with van der Waals surface area (Å²) in [6.07, 6.45) is 3.12. The Hall–Kier alpha value is -2.03.